The largest absolute Gasteiger partial charge is 0.347 e. The van der Waals surface area contributed by atoms with Gasteiger partial charge in [-0.15, -0.1) is 0 Å². The molecule has 0 radical (unpaired) electrons. The number of amides is 2. The monoisotopic (exact) mass is 393 g/mol. The minimum absolute atomic E-state index is 0.0222. The van der Waals surface area contributed by atoms with Crippen molar-refractivity contribution in [1.82, 2.24) is 29.6 Å². The molecule has 4 heterocycles. The fourth-order valence-electron chi connectivity index (χ4n) is 3.40. The van der Waals surface area contributed by atoms with Gasteiger partial charge in [0.2, 0.25) is 11.8 Å². The van der Waals surface area contributed by atoms with E-state index in [0.29, 0.717) is 43.3 Å². The van der Waals surface area contributed by atoms with Gasteiger partial charge in [0.25, 0.3) is 11.8 Å². The molecule has 0 aliphatic carbocycles. The Morgan fingerprint density at radius 1 is 1.03 bits per heavy atom. The van der Waals surface area contributed by atoms with Crippen LogP contribution in [-0.4, -0.2) is 68.3 Å². The molecule has 0 spiro atoms. The predicted octanol–water partition coefficient (Wildman–Crippen LogP) is 1.22. The van der Waals surface area contributed by atoms with Gasteiger partial charge in [-0.05, 0) is 32.0 Å². The lowest BCUT2D eigenvalue weighted by atomic mass is 10.2. The van der Waals surface area contributed by atoms with Gasteiger partial charge in [0.1, 0.15) is 0 Å². The van der Waals surface area contributed by atoms with Gasteiger partial charge in [-0.2, -0.15) is 0 Å². The van der Waals surface area contributed by atoms with E-state index < -0.39 is 0 Å². The molecule has 9 nitrogen and oxygen atoms in total. The fourth-order valence-corrected chi connectivity index (χ4v) is 3.40. The number of piperazine rings is 1. The first kappa shape index (κ1) is 18.9. The SMILES string of the molecule is CC(C)NC(=O)c1nc(C(=O)N2CCN(c3ncccn3)CC2)c2ccccn12. The van der Waals surface area contributed by atoms with Crippen LogP contribution in [0.5, 0.6) is 0 Å². The highest BCUT2D eigenvalue weighted by atomic mass is 16.2. The number of anilines is 1. The van der Waals surface area contributed by atoms with E-state index in [0.717, 1.165) is 0 Å². The maximum atomic E-state index is 13.2. The molecule has 1 fully saturated rings. The summed E-state index contributed by atoms with van der Waals surface area (Å²) in [6, 6.07) is 7.21. The lowest BCUT2D eigenvalue weighted by Crippen LogP contribution is -2.49. The van der Waals surface area contributed by atoms with Crippen LogP contribution in [0.15, 0.2) is 42.9 Å². The number of nitrogens with one attached hydrogen (secondary N) is 1. The molecule has 1 aliphatic heterocycles. The number of carbonyl (C=O) groups excluding carboxylic acids is 2. The summed E-state index contributed by atoms with van der Waals surface area (Å²) in [5.74, 6) is 0.408. The first-order valence-electron chi connectivity index (χ1n) is 9.64. The maximum absolute atomic E-state index is 13.2. The number of nitrogens with zero attached hydrogens (tertiary/aromatic N) is 6. The van der Waals surface area contributed by atoms with E-state index in [1.165, 1.54) is 0 Å². The van der Waals surface area contributed by atoms with Gasteiger partial charge in [-0.3, -0.25) is 14.0 Å². The van der Waals surface area contributed by atoms with Crippen molar-refractivity contribution < 1.29 is 9.59 Å². The molecule has 3 aromatic rings. The van der Waals surface area contributed by atoms with E-state index >= 15 is 0 Å². The van der Waals surface area contributed by atoms with E-state index in [4.69, 9.17) is 0 Å². The molecule has 9 heteroatoms. The van der Waals surface area contributed by atoms with Crippen LogP contribution >= 0.6 is 0 Å². The molecule has 0 atom stereocenters. The Balaban J connectivity index is 1.56. The molecule has 1 saturated heterocycles. The average Bonchev–Trinajstić information content (AvgIpc) is 3.13. The second kappa shape index (κ2) is 7.86. The highest BCUT2D eigenvalue weighted by molar-refractivity contribution is 6.02. The summed E-state index contributed by atoms with van der Waals surface area (Å²) in [7, 11) is 0. The number of hydrogen-bond donors (Lipinski definition) is 1. The summed E-state index contributed by atoms with van der Waals surface area (Å²) in [4.78, 5) is 42.5. The first-order chi connectivity index (χ1) is 14.0. The van der Waals surface area contributed by atoms with Crippen molar-refractivity contribution in [3.63, 3.8) is 0 Å². The number of carbonyl (C=O) groups is 2. The molecule has 3 aromatic heterocycles. The zero-order valence-electron chi connectivity index (χ0n) is 16.4. The number of fused-ring (bicyclic) bond motifs is 1. The Morgan fingerprint density at radius 3 is 2.45 bits per heavy atom. The van der Waals surface area contributed by atoms with Gasteiger partial charge in [-0.1, -0.05) is 6.07 Å². The lowest BCUT2D eigenvalue weighted by molar-refractivity contribution is 0.0743. The second-order valence-corrected chi connectivity index (χ2v) is 7.20. The van der Waals surface area contributed by atoms with Crippen LogP contribution in [0, 0.1) is 0 Å². The van der Waals surface area contributed by atoms with Gasteiger partial charge >= 0.3 is 0 Å². The van der Waals surface area contributed by atoms with Crippen molar-refractivity contribution in [1.29, 1.82) is 0 Å². The lowest BCUT2D eigenvalue weighted by Gasteiger charge is -2.34. The molecule has 150 valence electrons. The van der Waals surface area contributed by atoms with Crippen molar-refractivity contribution in [2.75, 3.05) is 31.1 Å². The highest BCUT2D eigenvalue weighted by Gasteiger charge is 2.28. The Hall–Kier alpha value is -3.49. The van der Waals surface area contributed by atoms with Crippen LogP contribution in [0.25, 0.3) is 5.52 Å². The Bertz CT molecular complexity index is 1020. The number of hydrogen-bond acceptors (Lipinski definition) is 6. The third-order valence-corrected chi connectivity index (χ3v) is 4.78. The van der Waals surface area contributed by atoms with Gasteiger partial charge in [0.15, 0.2) is 5.69 Å². The van der Waals surface area contributed by atoms with Gasteiger partial charge in [0, 0.05) is 50.8 Å². The molecule has 1 aliphatic rings. The van der Waals surface area contributed by atoms with Crippen molar-refractivity contribution in [2.45, 2.75) is 19.9 Å². The topological polar surface area (TPSA) is 95.7 Å². The summed E-state index contributed by atoms with van der Waals surface area (Å²) in [5.41, 5.74) is 0.921. The molecule has 0 aromatic carbocycles. The maximum Gasteiger partial charge on any atom is 0.287 e. The molecule has 0 saturated carbocycles. The first-order valence-corrected chi connectivity index (χ1v) is 9.64. The second-order valence-electron chi connectivity index (χ2n) is 7.20. The van der Waals surface area contributed by atoms with Gasteiger partial charge in [0.05, 0.1) is 5.52 Å². The van der Waals surface area contributed by atoms with E-state index in [9.17, 15) is 9.59 Å². The van der Waals surface area contributed by atoms with Crippen molar-refractivity contribution in [3.8, 4) is 0 Å². The Labute approximate surface area is 168 Å². The third-order valence-electron chi connectivity index (χ3n) is 4.78. The van der Waals surface area contributed by atoms with Crippen molar-refractivity contribution >= 4 is 23.3 Å². The molecule has 29 heavy (non-hydrogen) atoms. The molecule has 1 N–H and O–H groups in total. The zero-order chi connectivity index (χ0) is 20.4. The van der Waals surface area contributed by atoms with Crippen LogP contribution in [0.2, 0.25) is 0 Å². The number of pyridine rings is 1. The Morgan fingerprint density at radius 2 is 1.76 bits per heavy atom. The van der Waals surface area contributed by atoms with Crippen molar-refractivity contribution in [2.24, 2.45) is 0 Å². The fraction of sp³-hybridized carbons (Fsp3) is 0.350. The molecule has 0 unspecified atom stereocenters. The van der Waals surface area contributed by atoms with Crippen LogP contribution < -0.4 is 10.2 Å². The Kier molecular flexibility index (Phi) is 5.11. The summed E-state index contributed by atoms with van der Waals surface area (Å²) in [5, 5.41) is 2.84. The van der Waals surface area contributed by atoms with E-state index in [-0.39, 0.29) is 23.7 Å². The quantitative estimate of drug-likeness (QED) is 0.716. The summed E-state index contributed by atoms with van der Waals surface area (Å²) >= 11 is 0. The predicted molar refractivity (Wildman–Crippen MR) is 108 cm³/mol. The van der Waals surface area contributed by atoms with Crippen molar-refractivity contribution in [3.05, 3.63) is 54.4 Å². The summed E-state index contributed by atoms with van der Waals surface area (Å²) < 4.78 is 1.67. The number of aromatic nitrogens is 4. The van der Waals surface area contributed by atoms with Gasteiger partial charge in [-0.25, -0.2) is 15.0 Å². The summed E-state index contributed by atoms with van der Waals surface area (Å²) in [6.07, 6.45) is 5.17. The van der Waals surface area contributed by atoms with E-state index in [2.05, 4.69) is 25.2 Å². The summed E-state index contributed by atoms with van der Waals surface area (Å²) in [6.45, 7) is 6.13. The number of rotatable bonds is 4. The molecular weight excluding hydrogens is 370 g/mol. The average molecular weight is 393 g/mol. The third kappa shape index (κ3) is 3.75. The smallest absolute Gasteiger partial charge is 0.287 e. The van der Waals surface area contributed by atoms with Crippen LogP contribution in [0.1, 0.15) is 35.0 Å². The minimum atomic E-state index is -0.300. The standard InChI is InChI=1S/C20H23N7O2/c1-14(2)23-18(28)17-24-16(15-6-3-4-9-27(15)17)19(29)25-10-12-26(13-11-25)20-21-7-5-8-22-20/h3-9,14H,10-13H2,1-2H3,(H,23,28). The zero-order valence-corrected chi connectivity index (χ0v) is 16.4. The van der Waals surface area contributed by atoms with E-state index in [1.54, 1.807) is 40.0 Å². The van der Waals surface area contributed by atoms with E-state index in [1.807, 2.05) is 26.0 Å². The van der Waals surface area contributed by atoms with Crippen LogP contribution in [0.3, 0.4) is 0 Å². The van der Waals surface area contributed by atoms with Crippen LogP contribution in [0.4, 0.5) is 5.95 Å². The molecular formula is C20H23N7O2. The molecule has 2 amide bonds. The normalized spacial score (nSPS) is 14.4. The van der Waals surface area contributed by atoms with Gasteiger partial charge < -0.3 is 15.1 Å². The minimum Gasteiger partial charge on any atom is -0.347 e. The molecule has 4 rings (SSSR count). The highest BCUT2D eigenvalue weighted by Crippen LogP contribution is 2.18. The molecule has 0 bridgehead atoms. The van der Waals surface area contributed by atoms with Crippen LogP contribution in [-0.2, 0) is 0 Å². The number of imidazole rings is 1.